The van der Waals surface area contributed by atoms with E-state index < -0.39 is 5.92 Å². The van der Waals surface area contributed by atoms with Gasteiger partial charge >= 0.3 is 0 Å². The van der Waals surface area contributed by atoms with Crippen LogP contribution >= 0.6 is 0 Å². The van der Waals surface area contributed by atoms with E-state index in [0.29, 0.717) is 16.9 Å². The van der Waals surface area contributed by atoms with Crippen LogP contribution in [0.1, 0.15) is 17.3 Å². The number of hydrogen-bond donors (Lipinski definition) is 0. The molecular weight excluding hydrogens is 402 g/mol. The van der Waals surface area contributed by atoms with Gasteiger partial charge in [-0.3, -0.25) is 14.4 Å². The summed E-state index contributed by atoms with van der Waals surface area (Å²) in [6.07, 6.45) is 0. The lowest BCUT2D eigenvalue weighted by Gasteiger charge is -2.27. The average Bonchev–Trinajstić information content (AvgIpc) is 2.94. The number of fused-ring (bicyclic) bond motifs is 1. The Balaban J connectivity index is 1.69. The molecule has 3 aromatic rings. The highest BCUT2D eigenvalue weighted by molar-refractivity contribution is 6.13. The smallest absolute Gasteiger partial charge is 0.258 e. The quantitative estimate of drug-likeness (QED) is 0.633. The van der Waals surface area contributed by atoms with Crippen LogP contribution in [-0.4, -0.2) is 37.9 Å². The first-order chi connectivity index (χ1) is 15.5. The third kappa shape index (κ3) is 4.12. The molecule has 1 unspecified atom stereocenters. The van der Waals surface area contributed by atoms with E-state index in [1.807, 2.05) is 66.7 Å². The van der Waals surface area contributed by atoms with Gasteiger partial charge in [0.2, 0.25) is 11.8 Å². The van der Waals surface area contributed by atoms with Crippen molar-refractivity contribution in [3.05, 3.63) is 90.5 Å². The number of carbonyl (C=O) groups excluding carboxylic acids is 3. The van der Waals surface area contributed by atoms with E-state index in [0.717, 1.165) is 5.69 Å². The van der Waals surface area contributed by atoms with Crippen LogP contribution in [0.15, 0.2) is 84.9 Å². The number of amides is 3. The molecule has 1 aliphatic heterocycles. The Hall–Kier alpha value is -3.93. The molecule has 0 aliphatic carbocycles. The number of anilines is 3. The average molecular weight is 428 g/mol. The van der Waals surface area contributed by atoms with Crippen molar-refractivity contribution < 1.29 is 14.4 Å². The number of para-hydroxylation sites is 3. The molecule has 3 aromatic carbocycles. The van der Waals surface area contributed by atoms with Gasteiger partial charge in [-0.2, -0.15) is 0 Å². The molecule has 0 aromatic heterocycles. The Kier molecular flexibility index (Phi) is 6.03. The lowest BCUT2D eigenvalue weighted by atomic mass is 10.1. The number of nitrogens with zero attached hydrogens (tertiary/aromatic N) is 3. The van der Waals surface area contributed by atoms with Gasteiger partial charge in [-0.25, -0.2) is 0 Å². The Morgan fingerprint density at radius 2 is 1.44 bits per heavy atom. The first kappa shape index (κ1) is 21.3. The molecule has 1 heterocycles. The first-order valence-corrected chi connectivity index (χ1v) is 10.6. The largest absolute Gasteiger partial charge is 0.314 e. The molecule has 0 saturated heterocycles. The summed E-state index contributed by atoms with van der Waals surface area (Å²) in [4.78, 5) is 44.4. The first-order valence-electron chi connectivity index (χ1n) is 10.6. The highest BCUT2D eigenvalue weighted by Gasteiger charge is 2.35. The molecule has 4 rings (SSSR count). The number of rotatable bonds is 4. The van der Waals surface area contributed by atoms with Crippen LogP contribution in [0.25, 0.3) is 0 Å². The van der Waals surface area contributed by atoms with E-state index in [1.165, 1.54) is 4.90 Å². The monoisotopic (exact) mass is 427 g/mol. The van der Waals surface area contributed by atoms with Crippen LogP contribution < -0.4 is 14.7 Å². The third-order valence-electron chi connectivity index (χ3n) is 5.68. The van der Waals surface area contributed by atoms with Crippen LogP contribution in [0.3, 0.4) is 0 Å². The van der Waals surface area contributed by atoms with Crippen molar-refractivity contribution in [1.82, 2.24) is 0 Å². The van der Waals surface area contributed by atoms with Crippen LogP contribution in [0, 0.1) is 5.92 Å². The Bertz CT molecular complexity index is 1130. The Morgan fingerprint density at radius 3 is 2.09 bits per heavy atom. The second-order valence-corrected chi connectivity index (χ2v) is 7.88. The maximum absolute atomic E-state index is 13.3. The van der Waals surface area contributed by atoms with Crippen LogP contribution in [-0.2, 0) is 9.59 Å². The Labute approximate surface area is 187 Å². The number of likely N-dealkylation sites (N-methyl/N-ethyl adjacent to an activating group) is 1. The lowest BCUT2D eigenvalue weighted by molar-refractivity contribution is -0.124. The van der Waals surface area contributed by atoms with Crippen molar-refractivity contribution in [1.29, 1.82) is 0 Å². The van der Waals surface area contributed by atoms with E-state index in [-0.39, 0.29) is 30.8 Å². The van der Waals surface area contributed by atoms with Gasteiger partial charge in [0, 0.05) is 24.8 Å². The van der Waals surface area contributed by atoms with Crippen molar-refractivity contribution in [2.24, 2.45) is 5.92 Å². The van der Waals surface area contributed by atoms with Gasteiger partial charge in [0.25, 0.3) is 5.91 Å². The van der Waals surface area contributed by atoms with E-state index >= 15 is 0 Å². The maximum atomic E-state index is 13.3. The topological polar surface area (TPSA) is 60.9 Å². The molecule has 0 saturated carbocycles. The number of benzene rings is 3. The van der Waals surface area contributed by atoms with Crippen molar-refractivity contribution in [3.8, 4) is 0 Å². The second-order valence-electron chi connectivity index (χ2n) is 7.88. The molecule has 32 heavy (non-hydrogen) atoms. The SMILES string of the molecule is CC1CN(C(=O)c2ccccc2)c2ccccc2N(CC(=O)N(C)c2ccccc2)C1=O. The fourth-order valence-electron chi connectivity index (χ4n) is 3.88. The molecule has 6 nitrogen and oxygen atoms in total. The number of carbonyl (C=O) groups is 3. The number of hydrogen-bond acceptors (Lipinski definition) is 3. The zero-order valence-corrected chi connectivity index (χ0v) is 18.1. The standard InChI is InChI=1S/C26H25N3O3/c1-19-17-28(26(32)20-11-5-3-6-12-20)22-15-9-10-16-23(22)29(25(19)31)18-24(30)27(2)21-13-7-4-8-14-21/h3-16,19H,17-18H2,1-2H3. The van der Waals surface area contributed by atoms with E-state index in [1.54, 1.807) is 42.0 Å². The summed E-state index contributed by atoms with van der Waals surface area (Å²) in [6, 6.07) is 25.6. The summed E-state index contributed by atoms with van der Waals surface area (Å²) < 4.78 is 0. The minimum Gasteiger partial charge on any atom is -0.314 e. The van der Waals surface area contributed by atoms with E-state index in [4.69, 9.17) is 0 Å². The molecule has 0 N–H and O–H groups in total. The summed E-state index contributed by atoms with van der Waals surface area (Å²) in [5.41, 5.74) is 2.48. The van der Waals surface area contributed by atoms with Crippen molar-refractivity contribution in [2.45, 2.75) is 6.92 Å². The summed E-state index contributed by atoms with van der Waals surface area (Å²) in [7, 11) is 1.69. The van der Waals surface area contributed by atoms with Crippen LogP contribution in [0.2, 0.25) is 0 Å². The molecule has 1 atom stereocenters. The Morgan fingerprint density at radius 1 is 0.875 bits per heavy atom. The van der Waals surface area contributed by atoms with Crippen molar-refractivity contribution in [2.75, 3.05) is 34.8 Å². The highest BCUT2D eigenvalue weighted by Crippen LogP contribution is 2.35. The fourth-order valence-corrected chi connectivity index (χ4v) is 3.88. The minimum absolute atomic E-state index is 0.112. The minimum atomic E-state index is -0.468. The summed E-state index contributed by atoms with van der Waals surface area (Å²) >= 11 is 0. The van der Waals surface area contributed by atoms with Gasteiger partial charge in [0.1, 0.15) is 6.54 Å². The fraction of sp³-hybridized carbons (Fsp3) is 0.192. The predicted molar refractivity (Wildman–Crippen MR) is 126 cm³/mol. The second kappa shape index (κ2) is 9.06. The van der Waals surface area contributed by atoms with Crippen molar-refractivity contribution in [3.63, 3.8) is 0 Å². The molecule has 1 aliphatic rings. The zero-order valence-electron chi connectivity index (χ0n) is 18.1. The van der Waals surface area contributed by atoms with Crippen LogP contribution in [0.5, 0.6) is 0 Å². The van der Waals surface area contributed by atoms with Gasteiger partial charge in [0.05, 0.1) is 17.3 Å². The molecular formula is C26H25N3O3. The van der Waals surface area contributed by atoms with Gasteiger partial charge in [-0.05, 0) is 36.4 Å². The maximum Gasteiger partial charge on any atom is 0.258 e. The molecule has 0 fully saturated rings. The van der Waals surface area contributed by atoms with E-state index in [9.17, 15) is 14.4 Å². The molecule has 6 heteroatoms. The highest BCUT2D eigenvalue weighted by atomic mass is 16.2. The predicted octanol–water partition coefficient (Wildman–Crippen LogP) is 3.98. The lowest BCUT2D eigenvalue weighted by Crippen LogP contribution is -2.44. The summed E-state index contributed by atoms with van der Waals surface area (Å²) in [5.74, 6) is -1.04. The normalized spacial score (nSPS) is 15.7. The van der Waals surface area contributed by atoms with Gasteiger partial charge in [-0.1, -0.05) is 55.5 Å². The van der Waals surface area contributed by atoms with Gasteiger partial charge in [-0.15, -0.1) is 0 Å². The molecule has 0 bridgehead atoms. The summed E-state index contributed by atoms with van der Waals surface area (Å²) in [5, 5.41) is 0. The van der Waals surface area contributed by atoms with Crippen molar-refractivity contribution >= 4 is 34.8 Å². The van der Waals surface area contributed by atoms with E-state index in [2.05, 4.69) is 0 Å². The molecule has 0 spiro atoms. The zero-order chi connectivity index (χ0) is 22.7. The molecule has 3 amide bonds. The van der Waals surface area contributed by atoms with Gasteiger partial charge in [0.15, 0.2) is 0 Å². The molecule has 162 valence electrons. The molecule has 0 radical (unpaired) electrons. The van der Waals surface area contributed by atoms with Gasteiger partial charge < -0.3 is 14.7 Å². The summed E-state index contributed by atoms with van der Waals surface area (Å²) in [6.45, 7) is 1.92. The van der Waals surface area contributed by atoms with Crippen LogP contribution in [0.4, 0.5) is 17.1 Å². The third-order valence-corrected chi connectivity index (χ3v) is 5.68.